The monoisotopic (exact) mass is 593 g/mol. The van der Waals surface area contributed by atoms with Gasteiger partial charge in [0.2, 0.25) is 0 Å². The molecule has 4 aromatic rings. The van der Waals surface area contributed by atoms with Crippen LogP contribution in [-0.2, 0) is 39.7 Å². The highest BCUT2D eigenvalue weighted by Gasteiger charge is 2.33. The molecule has 2 aliphatic rings. The van der Waals surface area contributed by atoms with Crippen molar-refractivity contribution in [2.75, 3.05) is 37.8 Å². The zero-order valence-corrected chi connectivity index (χ0v) is 24.1. The average molecular weight is 594 g/mol. The van der Waals surface area contributed by atoms with Gasteiger partial charge in [-0.05, 0) is 48.4 Å². The number of halogens is 3. The predicted octanol–water partition coefficient (Wildman–Crippen LogP) is 5.96. The number of aromatic nitrogens is 4. The van der Waals surface area contributed by atoms with Crippen molar-refractivity contribution < 1.29 is 27.4 Å². The molecule has 0 N–H and O–H groups in total. The van der Waals surface area contributed by atoms with E-state index in [9.17, 15) is 18.0 Å². The van der Waals surface area contributed by atoms with Gasteiger partial charge in [-0.2, -0.15) is 13.2 Å². The van der Waals surface area contributed by atoms with E-state index in [0.29, 0.717) is 49.9 Å². The maximum absolute atomic E-state index is 13.5. The summed E-state index contributed by atoms with van der Waals surface area (Å²) in [7, 11) is 0. The first-order valence-corrected chi connectivity index (χ1v) is 14.8. The van der Waals surface area contributed by atoms with E-state index in [0.717, 1.165) is 47.8 Å². The second kappa shape index (κ2) is 12.4. The number of fused-ring (bicyclic) bond motifs is 1. The van der Waals surface area contributed by atoms with Gasteiger partial charge in [0.15, 0.2) is 17.3 Å². The summed E-state index contributed by atoms with van der Waals surface area (Å²) < 4.78 is 54.1. The van der Waals surface area contributed by atoms with Gasteiger partial charge in [-0.15, -0.1) is 0 Å². The lowest BCUT2D eigenvalue weighted by Crippen LogP contribution is -2.37. The lowest BCUT2D eigenvalue weighted by atomic mass is 9.97. The molecule has 11 heteroatoms. The van der Waals surface area contributed by atoms with E-state index in [1.807, 2.05) is 28.8 Å². The van der Waals surface area contributed by atoms with Crippen LogP contribution < -0.4 is 4.90 Å². The molecule has 2 saturated heterocycles. The lowest BCUT2D eigenvalue weighted by molar-refractivity contribution is -0.138. The van der Waals surface area contributed by atoms with E-state index < -0.39 is 11.7 Å². The van der Waals surface area contributed by atoms with Crippen LogP contribution in [0.2, 0.25) is 0 Å². The zero-order chi connectivity index (χ0) is 30.0. The Hall–Kier alpha value is -3.83. The van der Waals surface area contributed by atoms with Crippen LogP contribution in [0.1, 0.15) is 54.7 Å². The van der Waals surface area contributed by atoms with E-state index >= 15 is 0 Å². The lowest BCUT2D eigenvalue weighted by Gasteiger charge is -2.30. The van der Waals surface area contributed by atoms with Crippen LogP contribution in [0, 0.1) is 0 Å². The first-order chi connectivity index (χ1) is 20.8. The Morgan fingerprint density at radius 3 is 2.42 bits per heavy atom. The Morgan fingerprint density at radius 1 is 0.977 bits per heavy atom. The number of anilines is 1. The summed E-state index contributed by atoms with van der Waals surface area (Å²) in [5, 5.41) is 0. The number of hydrogen-bond donors (Lipinski definition) is 0. The third-order valence-electron chi connectivity index (χ3n) is 8.06. The molecule has 2 aromatic carbocycles. The van der Waals surface area contributed by atoms with Crippen molar-refractivity contribution in [3.05, 3.63) is 71.0 Å². The van der Waals surface area contributed by atoms with Gasteiger partial charge in [-0.1, -0.05) is 43.3 Å². The zero-order valence-electron chi connectivity index (χ0n) is 24.1. The summed E-state index contributed by atoms with van der Waals surface area (Å²) in [5.41, 5.74) is 2.90. The first-order valence-electron chi connectivity index (χ1n) is 14.8. The van der Waals surface area contributed by atoms with Crippen LogP contribution in [0.25, 0.3) is 22.6 Å². The maximum atomic E-state index is 13.5. The molecular weight excluding hydrogens is 559 g/mol. The van der Waals surface area contributed by atoms with Crippen LogP contribution in [0.15, 0.2) is 48.8 Å². The van der Waals surface area contributed by atoms with Crippen molar-refractivity contribution in [1.29, 1.82) is 0 Å². The van der Waals surface area contributed by atoms with E-state index in [-0.39, 0.29) is 36.8 Å². The Morgan fingerprint density at radius 2 is 1.72 bits per heavy atom. The number of Topliss-reactive ketones (excluding diaryl/α,β-unsaturated/α-hetero) is 1. The van der Waals surface area contributed by atoms with Crippen molar-refractivity contribution in [2.24, 2.45) is 0 Å². The minimum absolute atomic E-state index is 0.0646. The molecule has 0 aliphatic carbocycles. The van der Waals surface area contributed by atoms with Crippen molar-refractivity contribution in [3.8, 4) is 11.4 Å². The number of ether oxygens (including phenoxy) is 2. The van der Waals surface area contributed by atoms with Gasteiger partial charge in [-0.3, -0.25) is 9.36 Å². The summed E-state index contributed by atoms with van der Waals surface area (Å²) in [4.78, 5) is 29.4. The van der Waals surface area contributed by atoms with Crippen molar-refractivity contribution in [2.45, 2.75) is 57.9 Å². The fraction of sp³-hybridized carbons (Fsp3) is 0.438. The SMILES string of the molecule is CCc1ccc(CC(=O)Cc2ccc(-c3nc(N4CCOCC4)c4c(ncn4C4CCCCO4)n3)cc2)cc1C(F)(F)F. The molecule has 0 saturated carbocycles. The number of hydrogen-bond acceptors (Lipinski definition) is 7. The van der Waals surface area contributed by atoms with Crippen molar-refractivity contribution in [1.82, 2.24) is 19.5 Å². The quantitative estimate of drug-likeness (QED) is 0.249. The molecule has 0 spiro atoms. The Labute approximate surface area is 247 Å². The number of ketones is 1. The minimum Gasteiger partial charge on any atom is -0.378 e. The first kappa shape index (κ1) is 29.3. The molecule has 4 heterocycles. The molecule has 0 radical (unpaired) electrons. The Kier molecular flexibility index (Phi) is 8.45. The minimum atomic E-state index is -4.45. The summed E-state index contributed by atoms with van der Waals surface area (Å²) >= 11 is 0. The molecule has 226 valence electrons. The van der Waals surface area contributed by atoms with Gasteiger partial charge in [0, 0.05) is 38.1 Å². The number of nitrogens with zero attached hydrogens (tertiary/aromatic N) is 5. The van der Waals surface area contributed by atoms with Gasteiger partial charge in [0.1, 0.15) is 17.5 Å². The summed E-state index contributed by atoms with van der Waals surface area (Å²) in [5.74, 6) is 1.16. The standard InChI is InChI=1S/C32H34F3N5O3/c1-2-23-9-8-22(19-26(23)32(33,34)35)18-25(41)17-21-6-10-24(11-7-21)29-37-30-28(31(38-29)39-12-15-42-16-13-39)40(20-36-30)27-5-3-4-14-43-27/h6-11,19-20,27H,2-5,12-18H2,1H3. The summed E-state index contributed by atoms with van der Waals surface area (Å²) in [6, 6.07) is 11.6. The smallest absolute Gasteiger partial charge is 0.378 e. The highest BCUT2D eigenvalue weighted by atomic mass is 19.4. The Balaban J connectivity index is 1.23. The molecule has 2 aromatic heterocycles. The van der Waals surface area contributed by atoms with E-state index in [1.165, 1.54) is 6.07 Å². The normalized spacial score (nSPS) is 17.9. The van der Waals surface area contributed by atoms with Gasteiger partial charge in [0.05, 0.1) is 25.1 Å². The van der Waals surface area contributed by atoms with Crippen molar-refractivity contribution >= 4 is 22.8 Å². The number of morpholine rings is 1. The summed E-state index contributed by atoms with van der Waals surface area (Å²) in [6.45, 7) is 5.02. The maximum Gasteiger partial charge on any atom is 0.416 e. The van der Waals surface area contributed by atoms with Gasteiger partial charge >= 0.3 is 6.18 Å². The molecule has 0 bridgehead atoms. The fourth-order valence-corrected chi connectivity index (χ4v) is 5.81. The molecule has 0 amide bonds. The van der Waals surface area contributed by atoms with Crippen LogP contribution in [0.5, 0.6) is 0 Å². The topological polar surface area (TPSA) is 82.4 Å². The molecule has 1 unspecified atom stereocenters. The highest BCUT2D eigenvalue weighted by molar-refractivity contribution is 5.86. The predicted molar refractivity (Wildman–Crippen MR) is 156 cm³/mol. The molecular formula is C32H34F3N5O3. The number of carbonyl (C=O) groups is 1. The van der Waals surface area contributed by atoms with E-state index in [2.05, 4.69) is 9.88 Å². The largest absolute Gasteiger partial charge is 0.416 e. The third-order valence-corrected chi connectivity index (χ3v) is 8.06. The molecule has 43 heavy (non-hydrogen) atoms. The molecule has 8 nitrogen and oxygen atoms in total. The van der Waals surface area contributed by atoms with Crippen LogP contribution in [0.3, 0.4) is 0 Å². The number of alkyl halides is 3. The van der Waals surface area contributed by atoms with Gasteiger partial charge < -0.3 is 14.4 Å². The van der Waals surface area contributed by atoms with E-state index in [4.69, 9.17) is 19.4 Å². The average Bonchev–Trinajstić information content (AvgIpc) is 3.45. The summed E-state index contributed by atoms with van der Waals surface area (Å²) in [6.07, 6.45) is 0.597. The number of benzene rings is 2. The number of rotatable bonds is 8. The van der Waals surface area contributed by atoms with Crippen molar-refractivity contribution in [3.63, 3.8) is 0 Å². The third kappa shape index (κ3) is 6.42. The second-order valence-electron chi connectivity index (χ2n) is 11.0. The Bertz CT molecular complexity index is 1590. The molecule has 1 atom stereocenters. The van der Waals surface area contributed by atoms with E-state index in [1.54, 1.807) is 19.3 Å². The highest BCUT2D eigenvalue weighted by Crippen LogP contribution is 2.34. The fourth-order valence-electron chi connectivity index (χ4n) is 5.81. The molecule has 2 aliphatic heterocycles. The van der Waals surface area contributed by atoms with Crippen LogP contribution >= 0.6 is 0 Å². The number of aryl methyl sites for hydroxylation is 1. The van der Waals surface area contributed by atoms with Crippen LogP contribution in [-0.4, -0.2) is 58.2 Å². The van der Waals surface area contributed by atoms with Gasteiger partial charge in [0.25, 0.3) is 0 Å². The molecule has 2 fully saturated rings. The van der Waals surface area contributed by atoms with Gasteiger partial charge in [-0.25, -0.2) is 15.0 Å². The van der Waals surface area contributed by atoms with Crippen LogP contribution in [0.4, 0.5) is 19.0 Å². The molecule has 6 rings (SSSR count). The number of imidazole rings is 1. The second-order valence-corrected chi connectivity index (χ2v) is 11.0. The number of carbonyl (C=O) groups excluding carboxylic acids is 1.